The molecule has 2 aliphatic rings. The molecule has 1 N–H and O–H groups in total. The first kappa shape index (κ1) is 14.7. The summed E-state index contributed by atoms with van der Waals surface area (Å²) in [6, 6.07) is 6.94. The summed E-state index contributed by atoms with van der Waals surface area (Å²) in [7, 11) is 0. The summed E-state index contributed by atoms with van der Waals surface area (Å²) in [5.74, 6) is 1.82. The summed E-state index contributed by atoms with van der Waals surface area (Å²) in [5, 5.41) is 3.70. The average molecular weight is 286 g/mol. The van der Waals surface area contributed by atoms with Gasteiger partial charge in [-0.15, -0.1) is 0 Å². The second-order valence-electron chi connectivity index (χ2n) is 7.20. The molecule has 2 fully saturated rings. The highest BCUT2D eigenvalue weighted by atomic mass is 15.1. The van der Waals surface area contributed by atoms with Crippen molar-refractivity contribution < 1.29 is 0 Å². The molecule has 1 aliphatic carbocycles. The molecule has 1 saturated carbocycles. The van der Waals surface area contributed by atoms with Crippen LogP contribution in [0.4, 0.5) is 11.4 Å². The van der Waals surface area contributed by atoms with Gasteiger partial charge in [0.25, 0.3) is 0 Å². The van der Waals surface area contributed by atoms with E-state index in [4.69, 9.17) is 0 Å². The number of hydrogen-bond donors (Lipinski definition) is 1. The van der Waals surface area contributed by atoms with Crippen LogP contribution in [-0.4, -0.2) is 19.6 Å². The first-order valence-corrected chi connectivity index (χ1v) is 8.82. The summed E-state index contributed by atoms with van der Waals surface area (Å²) in [6.07, 6.45) is 8.33. The molecular weight excluding hydrogens is 256 g/mol. The van der Waals surface area contributed by atoms with Gasteiger partial charge in [0.1, 0.15) is 0 Å². The molecule has 1 heterocycles. The van der Waals surface area contributed by atoms with Gasteiger partial charge in [0, 0.05) is 31.0 Å². The average Bonchev–Trinajstić information content (AvgIpc) is 3.02. The molecular formula is C19H30N2. The summed E-state index contributed by atoms with van der Waals surface area (Å²) >= 11 is 0. The number of anilines is 2. The van der Waals surface area contributed by atoms with Crippen molar-refractivity contribution in [2.75, 3.05) is 29.9 Å². The Kier molecular flexibility index (Phi) is 4.72. The Bertz CT molecular complexity index is 455. The minimum atomic E-state index is 0.874. The second kappa shape index (κ2) is 6.72. The number of aryl methyl sites for hydroxylation is 1. The molecule has 0 spiro atoms. The van der Waals surface area contributed by atoms with Gasteiger partial charge in [-0.05, 0) is 68.2 Å². The summed E-state index contributed by atoms with van der Waals surface area (Å²) in [5.41, 5.74) is 4.13. The molecule has 0 atom stereocenters. The number of hydrogen-bond acceptors (Lipinski definition) is 2. The van der Waals surface area contributed by atoms with Crippen molar-refractivity contribution in [3.8, 4) is 0 Å². The van der Waals surface area contributed by atoms with Crippen molar-refractivity contribution in [3.63, 3.8) is 0 Å². The molecule has 1 saturated heterocycles. The minimum Gasteiger partial charge on any atom is -0.385 e. The van der Waals surface area contributed by atoms with E-state index in [1.54, 1.807) is 0 Å². The van der Waals surface area contributed by atoms with Crippen LogP contribution >= 0.6 is 0 Å². The Hall–Kier alpha value is -1.18. The molecule has 0 bridgehead atoms. The lowest BCUT2D eigenvalue weighted by atomic mass is 9.83. The van der Waals surface area contributed by atoms with Crippen LogP contribution in [0, 0.1) is 18.8 Å². The Morgan fingerprint density at radius 3 is 2.48 bits per heavy atom. The molecule has 2 nitrogen and oxygen atoms in total. The van der Waals surface area contributed by atoms with E-state index < -0.39 is 0 Å². The third kappa shape index (κ3) is 3.72. The smallest absolute Gasteiger partial charge is 0.0371 e. The Labute approximate surface area is 129 Å². The second-order valence-corrected chi connectivity index (χ2v) is 7.20. The fraction of sp³-hybridized carbons (Fsp3) is 0.684. The maximum Gasteiger partial charge on any atom is 0.0371 e. The van der Waals surface area contributed by atoms with Crippen LogP contribution in [0.15, 0.2) is 18.2 Å². The van der Waals surface area contributed by atoms with E-state index in [1.165, 1.54) is 68.6 Å². The number of nitrogens with zero attached hydrogens (tertiary/aromatic N) is 1. The predicted molar refractivity (Wildman–Crippen MR) is 92.2 cm³/mol. The number of rotatable bonds is 4. The molecule has 0 unspecified atom stereocenters. The van der Waals surface area contributed by atoms with E-state index in [1.807, 2.05) is 0 Å². The van der Waals surface area contributed by atoms with Crippen molar-refractivity contribution in [2.45, 2.75) is 52.4 Å². The van der Waals surface area contributed by atoms with Gasteiger partial charge in [0.2, 0.25) is 0 Å². The Balaban J connectivity index is 1.55. The molecule has 0 aromatic heterocycles. The van der Waals surface area contributed by atoms with Crippen LogP contribution in [0.2, 0.25) is 0 Å². The molecule has 1 aliphatic heterocycles. The van der Waals surface area contributed by atoms with Crippen molar-refractivity contribution in [1.82, 2.24) is 0 Å². The maximum absolute atomic E-state index is 3.70. The number of benzene rings is 1. The SMILES string of the molecule is Cc1cc(N2CCCC2)ccc1NCC1CCC(C)CC1. The fourth-order valence-electron chi connectivity index (χ4n) is 3.81. The standard InChI is InChI=1S/C19H30N2/c1-15-5-7-17(8-6-15)14-20-19-10-9-18(13-16(19)2)21-11-3-4-12-21/h9-10,13,15,17,20H,3-8,11-12,14H2,1-2H3. The van der Waals surface area contributed by atoms with Crippen molar-refractivity contribution in [3.05, 3.63) is 23.8 Å². The van der Waals surface area contributed by atoms with Gasteiger partial charge >= 0.3 is 0 Å². The van der Waals surface area contributed by atoms with Crippen molar-refractivity contribution in [1.29, 1.82) is 0 Å². The molecule has 1 aromatic carbocycles. The van der Waals surface area contributed by atoms with Gasteiger partial charge in [0.05, 0.1) is 0 Å². The summed E-state index contributed by atoms with van der Waals surface area (Å²) in [6.45, 7) is 8.24. The van der Waals surface area contributed by atoms with E-state index in [-0.39, 0.29) is 0 Å². The maximum atomic E-state index is 3.70. The topological polar surface area (TPSA) is 15.3 Å². The lowest BCUT2D eigenvalue weighted by Gasteiger charge is -2.27. The number of nitrogens with one attached hydrogen (secondary N) is 1. The minimum absolute atomic E-state index is 0.874. The largest absolute Gasteiger partial charge is 0.385 e. The molecule has 21 heavy (non-hydrogen) atoms. The zero-order valence-corrected chi connectivity index (χ0v) is 13.7. The Morgan fingerprint density at radius 1 is 1.10 bits per heavy atom. The fourth-order valence-corrected chi connectivity index (χ4v) is 3.81. The zero-order valence-electron chi connectivity index (χ0n) is 13.7. The highest BCUT2D eigenvalue weighted by Gasteiger charge is 2.18. The van der Waals surface area contributed by atoms with Gasteiger partial charge in [-0.2, -0.15) is 0 Å². The Morgan fingerprint density at radius 2 is 1.81 bits per heavy atom. The third-order valence-corrected chi connectivity index (χ3v) is 5.40. The summed E-state index contributed by atoms with van der Waals surface area (Å²) < 4.78 is 0. The first-order valence-electron chi connectivity index (χ1n) is 8.82. The van der Waals surface area contributed by atoms with Crippen LogP contribution in [0.25, 0.3) is 0 Å². The monoisotopic (exact) mass is 286 g/mol. The quantitative estimate of drug-likeness (QED) is 0.852. The van der Waals surface area contributed by atoms with E-state index in [2.05, 4.69) is 42.3 Å². The van der Waals surface area contributed by atoms with E-state index in [0.29, 0.717) is 0 Å². The van der Waals surface area contributed by atoms with Crippen LogP contribution in [-0.2, 0) is 0 Å². The van der Waals surface area contributed by atoms with Gasteiger partial charge in [-0.25, -0.2) is 0 Å². The van der Waals surface area contributed by atoms with Crippen LogP contribution < -0.4 is 10.2 Å². The first-order chi connectivity index (χ1) is 10.2. The highest BCUT2D eigenvalue weighted by molar-refractivity contribution is 5.60. The lowest BCUT2D eigenvalue weighted by molar-refractivity contribution is 0.300. The zero-order chi connectivity index (χ0) is 14.7. The van der Waals surface area contributed by atoms with Crippen molar-refractivity contribution in [2.24, 2.45) is 11.8 Å². The third-order valence-electron chi connectivity index (χ3n) is 5.40. The predicted octanol–water partition coefficient (Wildman–Crippen LogP) is 4.83. The highest BCUT2D eigenvalue weighted by Crippen LogP contribution is 2.30. The van der Waals surface area contributed by atoms with Gasteiger partial charge in [-0.3, -0.25) is 0 Å². The van der Waals surface area contributed by atoms with Gasteiger partial charge in [0.15, 0.2) is 0 Å². The van der Waals surface area contributed by atoms with E-state index >= 15 is 0 Å². The lowest BCUT2D eigenvalue weighted by Crippen LogP contribution is -2.21. The molecule has 3 rings (SSSR count). The van der Waals surface area contributed by atoms with Crippen LogP contribution in [0.5, 0.6) is 0 Å². The summed E-state index contributed by atoms with van der Waals surface area (Å²) in [4.78, 5) is 2.51. The van der Waals surface area contributed by atoms with Gasteiger partial charge < -0.3 is 10.2 Å². The van der Waals surface area contributed by atoms with Crippen molar-refractivity contribution >= 4 is 11.4 Å². The normalized spacial score (nSPS) is 26.1. The molecule has 0 radical (unpaired) electrons. The molecule has 1 aromatic rings. The molecule has 2 heteroatoms. The van der Waals surface area contributed by atoms with Gasteiger partial charge in [-0.1, -0.05) is 19.8 Å². The van der Waals surface area contributed by atoms with E-state index in [0.717, 1.165) is 18.4 Å². The van der Waals surface area contributed by atoms with Crippen LogP contribution in [0.1, 0.15) is 51.0 Å². The molecule has 0 amide bonds. The van der Waals surface area contributed by atoms with E-state index in [9.17, 15) is 0 Å². The van der Waals surface area contributed by atoms with Crippen LogP contribution in [0.3, 0.4) is 0 Å². The molecule has 116 valence electrons.